The number of aliphatic hydroxyl groups is 1. The Hall–Kier alpha value is -2.37. The number of carbonyl (C=O) groups excluding carboxylic acids is 1. The predicted molar refractivity (Wildman–Crippen MR) is 106 cm³/mol. The SMILES string of the molecule is CN1CC[C@]23C[C@@H](NC(=O)c4ccccc4)CC2(O)C1Cc1ccc(O)cc13. The summed E-state index contributed by atoms with van der Waals surface area (Å²) in [5, 5.41) is 25.3. The van der Waals surface area contributed by atoms with Crippen LogP contribution in [0.5, 0.6) is 5.75 Å². The summed E-state index contributed by atoms with van der Waals surface area (Å²) in [5.74, 6) is 0.146. The molecule has 2 fully saturated rings. The van der Waals surface area contributed by atoms with Crippen molar-refractivity contribution in [1.29, 1.82) is 0 Å². The average Bonchev–Trinajstić information content (AvgIpc) is 2.99. The van der Waals surface area contributed by atoms with E-state index in [-0.39, 0.29) is 23.7 Å². The predicted octanol–water partition coefficient (Wildman–Crippen LogP) is 2.21. The van der Waals surface area contributed by atoms with E-state index in [1.54, 1.807) is 6.07 Å². The van der Waals surface area contributed by atoms with E-state index < -0.39 is 11.0 Å². The van der Waals surface area contributed by atoms with Gasteiger partial charge in [0.25, 0.3) is 5.91 Å². The molecule has 1 amide bonds. The van der Waals surface area contributed by atoms with Crippen LogP contribution < -0.4 is 5.32 Å². The molecule has 2 aromatic rings. The maximum absolute atomic E-state index is 12.7. The molecule has 1 saturated carbocycles. The number of rotatable bonds is 2. The molecular formula is C23H26N2O3. The number of aromatic hydroxyl groups is 1. The number of benzene rings is 2. The fourth-order valence-corrected chi connectivity index (χ4v) is 6.06. The molecule has 4 atom stereocenters. The van der Waals surface area contributed by atoms with E-state index in [9.17, 15) is 15.0 Å². The summed E-state index contributed by atoms with van der Waals surface area (Å²) in [4.78, 5) is 15.0. The molecule has 5 rings (SSSR count). The second-order valence-corrected chi connectivity index (χ2v) is 8.74. The monoisotopic (exact) mass is 378 g/mol. The lowest BCUT2D eigenvalue weighted by Gasteiger charge is -2.58. The van der Waals surface area contributed by atoms with Crippen molar-refractivity contribution < 1.29 is 15.0 Å². The van der Waals surface area contributed by atoms with Gasteiger partial charge in [0.15, 0.2) is 0 Å². The smallest absolute Gasteiger partial charge is 0.251 e. The Bertz CT molecular complexity index is 931. The zero-order valence-corrected chi connectivity index (χ0v) is 16.1. The molecule has 0 radical (unpaired) electrons. The zero-order chi connectivity index (χ0) is 19.5. The molecule has 0 spiro atoms. The maximum atomic E-state index is 12.7. The molecular weight excluding hydrogens is 352 g/mol. The highest BCUT2D eigenvalue weighted by molar-refractivity contribution is 5.94. The summed E-state index contributed by atoms with van der Waals surface area (Å²) < 4.78 is 0. The maximum Gasteiger partial charge on any atom is 0.251 e. The van der Waals surface area contributed by atoms with E-state index in [2.05, 4.69) is 17.3 Å². The molecule has 3 aliphatic rings. The van der Waals surface area contributed by atoms with Crippen molar-refractivity contribution in [1.82, 2.24) is 10.2 Å². The first kappa shape index (κ1) is 17.7. The third-order valence-corrected chi connectivity index (χ3v) is 7.35. The lowest BCUT2D eigenvalue weighted by atomic mass is 9.56. The minimum atomic E-state index is -0.907. The fraction of sp³-hybridized carbons (Fsp3) is 0.435. The van der Waals surface area contributed by atoms with Gasteiger partial charge < -0.3 is 20.4 Å². The van der Waals surface area contributed by atoms with Crippen LogP contribution >= 0.6 is 0 Å². The molecule has 0 aromatic heterocycles. The standard InChI is InChI=1S/C23H26N2O3/c1-25-10-9-22-13-17(24-21(27)15-5-3-2-4-6-15)14-23(22,28)20(25)11-16-7-8-18(26)12-19(16)22/h2-8,12,17,20,26,28H,9-11,13-14H2,1H3,(H,24,27)/t17-,20?,22-,23?/m1/s1. The van der Waals surface area contributed by atoms with Crippen LogP contribution in [-0.4, -0.2) is 52.3 Å². The Morgan fingerprint density at radius 3 is 2.75 bits per heavy atom. The minimum absolute atomic E-state index is 0.0249. The highest BCUT2D eigenvalue weighted by Crippen LogP contribution is 2.59. The minimum Gasteiger partial charge on any atom is -0.508 e. The van der Waals surface area contributed by atoms with Crippen molar-refractivity contribution in [3.63, 3.8) is 0 Å². The number of nitrogens with one attached hydrogen (secondary N) is 1. The first-order valence-electron chi connectivity index (χ1n) is 10.0. The van der Waals surface area contributed by atoms with E-state index in [4.69, 9.17) is 0 Å². The van der Waals surface area contributed by atoms with Crippen LogP contribution in [0.3, 0.4) is 0 Å². The van der Waals surface area contributed by atoms with Gasteiger partial charge in [0.05, 0.1) is 5.60 Å². The Kier molecular flexibility index (Phi) is 3.83. The summed E-state index contributed by atoms with van der Waals surface area (Å²) in [7, 11) is 2.08. The van der Waals surface area contributed by atoms with Gasteiger partial charge in [-0.25, -0.2) is 0 Å². The molecule has 2 aliphatic carbocycles. The summed E-state index contributed by atoms with van der Waals surface area (Å²) >= 11 is 0. The van der Waals surface area contributed by atoms with Gasteiger partial charge in [-0.1, -0.05) is 24.3 Å². The van der Waals surface area contributed by atoms with Gasteiger partial charge in [0.1, 0.15) is 5.75 Å². The van der Waals surface area contributed by atoms with E-state index in [1.807, 2.05) is 42.5 Å². The number of piperidine rings is 1. The van der Waals surface area contributed by atoms with Crippen LogP contribution in [0.25, 0.3) is 0 Å². The van der Waals surface area contributed by atoms with Crippen LogP contribution in [0.15, 0.2) is 48.5 Å². The number of nitrogens with zero attached hydrogens (tertiary/aromatic N) is 1. The van der Waals surface area contributed by atoms with Crippen LogP contribution in [-0.2, 0) is 11.8 Å². The topological polar surface area (TPSA) is 72.8 Å². The quantitative estimate of drug-likeness (QED) is 0.749. The van der Waals surface area contributed by atoms with Gasteiger partial charge in [-0.3, -0.25) is 4.79 Å². The third kappa shape index (κ3) is 2.36. The van der Waals surface area contributed by atoms with Crippen molar-refractivity contribution >= 4 is 5.91 Å². The van der Waals surface area contributed by atoms with Gasteiger partial charge in [-0.05, 0) is 74.7 Å². The molecule has 5 heteroatoms. The van der Waals surface area contributed by atoms with Gasteiger partial charge in [-0.15, -0.1) is 0 Å². The number of phenolic OH excluding ortho intramolecular Hbond substituents is 1. The second-order valence-electron chi connectivity index (χ2n) is 8.74. The zero-order valence-electron chi connectivity index (χ0n) is 16.1. The Labute approximate surface area is 165 Å². The second kappa shape index (κ2) is 6.06. The molecule has 28 heavy (non-hydrogen) atoms. The Balaban J connectivity index is 1.53. The van der Waals surface area contributed by atoms with Gasteiger partial charge in [0, 0.05) is 23.1 Å². The molecule has 1 aliphatic heterocycles. The van der Waals surface area contributed by atoms with Crippen LogP contribution in [0, 0.1) is 0 Å². The van der Waals surface area contributed by atoms with Gasteiger partial charge in [-0.2, -0.15) is 0 Å². The van der Waals surface area contributed by atoms with E-state index in [0.717, 1.165) is 24.9 Å². The number of hydrogen-bond donors (Lipinski definition) is 3. The van der Waals surface area contributed by atoms with Crippen LogP contribution in [0.1, 0.15) is 40.7 Å². The van der Waals surface area contributed by atoms with Crippen molar-refractivity contribution in [2.75, 3.05) is 13.6 Å². The number of phenols is 1. The van der Waals surface area contributed by atoms with Crippen LogP contribution in [0.2, 0.25) is 0 Å². The van der Waals surface area contributed by atoms with Crippen LogP contribution in [0.4, 0.5) is 0 Å². The van der Waals surface area contributed by atoms with Gasteiger partial charge in [0.2, 0.25) is 0 Å². The molecule has 2 unspecified atom stereocenters. The molecule has 1 saturated heterocycles. The van der Waals surface area contributed by atoms with Crippen molar-refractivity contribution in [3.05, 3.63) is 65.2 Å². The van der Waals surface area contributed by atoms with E-state index >= 15 is 0 Å². The highest BCUT2D eigenvalue weighted by Gasteiger charge is 2.66. The summed E-state index contributed by atoms with van der Waals surface area (Å²) in [6.45, 7) is 0.904. The Morgan fingerprint density at radius 1 is 1.18 bits per heavy atom. The lowest BCUT2D eigenvalue weighted by Crippen LogP contribution is -2.68. The largest absolute Gasteiger partial charge is 0.508 e. The summed E-state index contributed by atoms with van der Waals surface area (Å²) in [5.41, 5.74) is 1.57. The lowest BCUT2D eigenvalue weighted by molar-refractivity contribution is -0.123. The number of hydrogen-bond acceptors (Lipinski definition) is 4. The average molecular weight is 378 g/mol. The van der Waals surface area contributed by atoms with Gasteiger partial charge >= 0.3 is 0 Å². The first-order chi connectivity index (χ1) is 13.4. The van der Waals surface area contributed by atoms with Crippen molar-refractivity contribution in [2.24, 2.45) is 0 Å². The molecule has 2 bridgehead atoms. The summed E-state index contributed by atoms with van der Waals surface area (Å²) in [6, 6.07) is 14.7. The first-order valence-corrected chi connectivity index (χ1v) is 10.0. The summed E-state index contributed by atoms with van der Waals surface area (Å²) in [6.07, 6.45) is 2.83. The number of carbonyl (C=O) groups is 1. The third-order valence-electron chi connectivity index (χ3n) is 7.35. The van der Waals surface area contributed by atoms with Crippen molar-refractivity contribution in [2.45, 2.75) is 48.8 Å². The fourth-order valence-electron chi connectivity index (χ4n) is 6.06. The number of fused-ring (bicyclic) bond motifs is 1. The molecule has 5 nitrogen and oxygen atoms in total. The molecule has 2 aromatic carbocycles. The molecule has 3 N–H and O–H groups in total. The highest BCUT2D eigenvalue weighted by atomic mass is 16.3. The number of amides is 1. The number of likely N-dealkylation sites (N-methyl/N-ethyl adjacent to an activating group) is 1. The number of likely N-dealkylation sites (tertiary alicyclic amines) is 1. The normalized spacial score (nSPS) is 33.8. The van der Waals surface area contributed by atoms with Crippen molar-refractivity contribution in [3.8, 4) is 5.75 Å². The van der Waals surface area contributed by atoms with E-state index in [0.29, 0.717) is 18.4 Å². The Morgan fingerprint density at radius 2 is 1.96 bits per heavy atom. The molecule has 1 heterocycles. The molecule has 146 valence electrons. The van der Waals surface area contributed by atoms with E-state index in [1.165, 1.54) is 5.56 Å².